The zero-order valence-electron chi connectivity index (χ0n) is 7.27. The first-order valence-electron chi connectivity index (χ1n) is 3.50. The number of nitrogens with one attached hydrogen (secondary N) is 1. The molecule has 0 heterocycles. The lowest BCUT2D eigenvalue weighted by molar-refractivity contribution is 0.101. The van der Waals surface area contributed by atoms with Gasteiger partial charge in [-0.2, -0.15) is 0 Å². The van der Waals surface area contributed by atoms with Gasteiger partial charge < -0.3 is 4.74 Å². The molecule has 0 saturated heterocycles. The molecule has 2 heteroatoms. The topological polar surface area (TPSA) is 21.3 Å². The third-order valence-electron chi connectivity index (χ3n) is 0.937. The summed E-state index contributed by atoms with van der Waals surface area (Å²) in [4.78, 5) is 0. The highest BCUT2D eigenvalue weighted by molar-refractivity contribution is 4.71. The van der Waals surface area contributed by atoms with Gasteiger partial charge in [-0.05, 0) is 27.7 Å². The molecule has 0 aliphatic rings. The maximum absolute atomic E-state index is 5.07. The maximum atomic E-state index is 5.07. The van der Waals surface area contributed by atoms with Crippen molar-refractivity contribution in [3.05, 3.63) is 12.8 Å². The third kappa shape index (κ3) is 5.63. The van der Waals surface area contributed by atoms with Crippen molar-refractivity contribution in [2.45, 2.75) is 39.5 Å². The molecule has 0 fully saturated rings. The SMILES string of the molecule is C=COC(C)NC(C)(C)C. The lowest BCUT2D eigenvalue weighted by atomic mass is 10.1. The Balaban J connectivity index is 3.56. The van der Waals surface area contributed by atoms with Crippen LogP contribution in [0.15, 0.2) is 12.8 Å². The molecule has 60 valence electrons. The van der Waals surface area contributed by atoms with E-state index in [2.05, 4.69) is 32.7 Å². The Hall–Kier alpha value is -0.500. The molecular formula is C8H17NO. The predicted octanol–water partition coefficient (Wildman–Crippen LogP) is 1.88. The quantitative estimate of drug-likeness (QED) is 0.481. The summed E-state index contributed by atoms with van der Waals surface area (Å²) in [6, 6.07) is 0. The highest BCUT2D eigenvalue weighted by Crippen LogP contribution is 2.01. The lowest BCUT2D eigenvalue weighted by Gasteiger charge is -2.25. The fourth-order valence-electron chi connectivity index (χ4n) is 0.788. The Morgan fingerprint density at radius 3 is 2.30 bits per heavy atom. The Kier molecular flexibility index (Phi) is 3.43. The molecule has 1 unspecified atom stereocenters. The second kappa shape index (κ2) is 3.62. The first kappa shape index (κ1) is 9.50. The third-order valence-corrected chi connectivity index (χ3v) is 0.937. The minimum atomic E-state index is 0.0394. The van der Waals surface area contributed by atoms with Gasteiger partial charge in [0.2, 0.25) is 0 Å². The van der Waals surface area contributed by atoms with Gasteiger partial charge in [0.05, 0.1) is 6.26 Å². The fraction of sp³-hybridized carbons (Fsp3) is 0.750. The van der Waals surface area contributed by atoms with Crippen LogP contribution in [0.25, 0.3) is 0 Å². The Bertz CT molecular complexity index is 104. The van der Waals surface area contributed by atoms with Crippen LogP contribution < -0.4 is 5.32 Å². The van der Waals surface area contributed by atoms with E-state index in [0.717, 1.165) is 0 Å². The molecule has 0 aromatic heterocycles. The summed E-state index contributed by atoms with van der Waals surface area (Å²) in [6.45, 7) is 11.7. The number of hydrogen-bond donors (Lipinski definition) is 1. The molecule has 0 aromatic carbocycles. The molecule has 0 aliphatic carbocycles. The van der Waals surface area contributed by atoms with Gasteiger partial charge in [-0.25, -0.2) is 0 Å². The Labute approximate surface area is 63.3 Å². The standard InChI is InChI=1S/C8H17NO/c1-6-10-7(2)9-8(3,4)5/h6-7,9H,1H2,2-5H3. The van der Waals surface area contributed by atoms with E-state index in [1.54, 1.807) is 0 Å². The van der Waals surface area contributed by atoms with Gasteiger partial charge in [0.1, 0.15) is 6.23 Å². The van der Waals surface area contributed by atoms with Crippen LogP contribution in [0, 0.1) is 0 Å². The van der Waals surface area contributed by atoms with E-state index in [1.165, 1.54) is 6.26 Å². The van der Waals surface area contributed by atoms with Crippen molar-refractivity contribution in [3.63, 3.8) is 0 Å². The van der Waals surface area contributed by atoms with E-state index in [-0.39, 0.29) is 11.8 Å². The van der Waals surface area contributed by atoms with Crippen molar-refractivity contribution in [1.29, 1.82) is 0 Å². The Morgan fingerprint density at radius 1 is 1.50 bits per heavy atom. The van der Waals surface area contributed by atoms with E-state index < -0.39 is 0 Å². The van der Waals surface area contributed by atoms with Gasteiger partial charge >= 0.3 is 0 Å². The second-order valence-electron chi connectivity index (χ2n) is 3.34. The lowest BCUT2D eigenvalue weighted by Crippen LogP contribution is -2.42. The molecule has 0 aliphatic heterocycles. The fourth-order valence-corrected chi connectivity index (χ4v) is 0.788. The van der Waals surface area contributed by atoms with Crippen LogP contribution in [0.2, 0.25) is 0 Å². The van der Waals surface area contributed by atoms with Crippen LogP contribution in [0.3, 0.4) is 0 Å². The van der Waals surface area contributed by atoms with Gasteiger partial charge in [-0.3, -0.25) is 5.32 Å². The molecule has 0 aromatic rings. The normalized spacial score (nSPS) is 14.4. The molecule has 0 bridgehead atoms. The molecule has 10 heavy (non-hydrogen) atoms. The van der Waals surface area contributed by atoms with Crippen LogP contribution in [0.5, 0.6) is 0 Å². The maximum Gasteiger partial charge on any atom is 0.146 e. The monoisotopic (exact) mass is 143 g/mol. The molecule has 0 rings (SSSR count). The first-order chi connectivity index (χ1) is 4.45. The van der Waals surface area contributed by atoms with Gasteiger partial charge in [0.25, 0.3) is 0 Å². The van der Waals surface area contributed by atoms with E-state index in [4.69, 9.17) is 4.74 Å². The minimum absolute atomic E-state index is 0.0394. The molecule has 1 N–H and O–H groups in total. The second-order valence-corrected chi connectivity index (χ2v) is 3.34. The van der Waals surface area contributed by atoms with Crippen LogP contribution in [0.1, 0.15) is 27.7 Å². The van der Waals surface area contributed by atoms with Crippen molar-refractivity contribution < 1.29 is 4.74 Å². The van der Waals surface area contributed by atoms with Gasteiger partial charge in [-0.1, -0.05) is 6.58 Å². The Morgan fingerprint density at radius 2 is 2.00 bits per heavy atom. The minimum Gasteiger partial charge on any atom is -0.484 e. The molecule has 0 saturated carbocycles. The van der Waals surface area contributed by atoms with Crippen molar-refractivity contribution in [2.75, 3.05) is 0 Å². The zero-order valence-corrected chi connectivity index (χ0v) is 7.27. The largest absolute Gasteiger partial charge is 0.484 e. The summed E-state index contributed by atoms with van der Waals surface area (Å²) < 4.78 is 5.07. The number of ether oxygens (including phenoxy) is 1. The summed E-state index contributed by atoms with van der Waals surface area (Å²) in [5.74, 6) is 0. The van der Waals surface area contributed by atoms with Crippen molar-refractivity contribution in [2.24, 2.45) is 0 Å². The van der Waals surface area contributed by atoms with E-state index in [0.29, 0.717) is 0 Å². The molecular weight excluding hydrogens is 126 g/mol. The van der Waals surface area contributed by atoms with Crippen molar-refractivity contribution in [1.82, 2.24) is 5.32 Å². The van der Waals surface area contributed by atoms with E-state index in [1.807, 2.05) is 6.92 Å². The zero-order chi connectivity index (χ0) is 8.20. The average molecular weight is 143 g/mol. The van der Waals surface area contributed by atoms with E-state index in [9.17, 15) is 0 Å². The van der Waals surface area contributed by atoms with Crippen LogP contribution in [-0.4, -0.2) is 11.8 Å². The smallest absolute Gasteiger partial charge is 0.146 e. The van der Waals surface area contributed by atoms with Crippen molar-refractivity contribution in [3.8, 4) is 0 Å². The summed E-state index contributed by atoms with van der Waals surface area (Å²) in [5, 5.41) is 3.23. The first-order valence-corrected chi connectivity index (χ1v) is 3.50. The molecule has 0 spiro atoms. The molecule has 1 atom stereocenters. The van der Waals surface area contributed by atoms with Gasteiger partial charge in [0, 0.05) is 5.54 Å². The van der Waals surface area contributed by atoms with E-state index >= 15 is 0 Å². The number of rotatable bonds is 3. The molecule has 0 amide bonds. The highest BCUT2D eigenvalue weighted by Gasteiger charge is 2.12. The highest BCUT2D eigenvalue weighted by atomic mass is 16.5. The summed E-state index contributed by atoms with van der Waals surface area (Å²) >= 11 is 0. The summed E-state index contributed by atoms with van der Waals surface area (Å²) in [7, 11) is 0. The van der Waals surface area contributed by atoms with Crippen molar-refractivity contribution >= 4 is 0 Å². The van der Waals surface area contributed by atoms with Crippen LogP contribution in [-0.2, 0) is 4.74 Å². The van der Waals surface area contributed by atoms with Crippen LogP contribution >= 0.6 is 0 Å². The number of hydrogen-bond acceptors (Lipinski definition) is 2. The summed E-state index contributed by atoms with van der Waals surface area (Å²) in [6.07, 6.45) is 1.49. The molecule has 2 nitrogen and oxygen atoms in total. The molecule has 0 radical (unpaired) electrons. The predicted molar refractivity (Wildman–Crippen MR) is 43.6 cm³/mol. The van der Waals surface area contributed by atoms with Crippen LogP contribution in [0.4, 0.5) is 0 Å². The average Bonchev–Trinajstić information content (AvgIpc) is 1.59. The summed E-state index contributed by atoms with van der Waals surface area (Å²) in [5.41, 5.74) is 0.0996. The van der Waals surface area contributed by atoms with Gasteiger partial charge in [-0.15, -0.1) is 0 Å². The van der Waals surface area contributed by atoms with Gasteiger partial charge in [0.15, 0.2) is 0 Å².